The molecular weight excluding hydrogens is 302 g/mol. The van der Waals surface area contributed by atoms with Gasteiger partial charge in [-0.3, -0.25) is 14.4 Å². The van der Waals surface area contributed by atoms with Gasteiger partial charge < -0.3 is 25.0 Å². The fourth-order valence-corrected chi connectivity index (χ4v) is 2.29. The van der Waals surface area contributed by atoms with Crippen LogP contribution in [0.5, 0.6) is 0 Å². The molecule has 0 aromatic rings. The van der Waals surface area contributed by atoms with Gasteiger partial charge in [-0.15, -0.1) is 0 Å². The molecule has 1 aliphatic rings. The van der Waals surface area contributed by atoms with Crippen molar-refractivity contribution in [3.63, 3.8) is 0 Å². The Morgan fingerprint density at radius 1 is 1.39 bits per heavy atom. The second kappa shape index (κ2) is 11.0. The zero-order valence-corrected chi connectivity index (χ0v) is 13.9. The molecule has 1 aliphatic heterocycles. The summed E-state index contributed by atoms with van der Waals surface area (Å²) < 4.78 is 9.94. The summed E-state index contributed by atoms with van der Waals surface area (Å²) in [6, 6.07) is -0.790. The molecular formula is C15H27N3O5. The van der Waals surface area contributed by atoms with Crippen molar-refractivity contribution < 1.29 is 23.9 Å². The van der Waals surface area contributed by atoms with Gasteiger partial charge in [0, 0.05) is 26.8 Å². The number of ether oxygens (including phenoxy) is 2. The standard InChI is InChI=1S/C15H27N3O5/c1-3-8-23-14(20)10-12-15(21)17-6-7-18(12)13(19)11-16-5-4-9-22-2/h12,16H,3-11H2,1-2H3,(H,17,21). The largest absolute Gasteiger partial charge is 0.466 e. The fourth-order valence-electron chi connectivity index (χ4n) is 2.29. The number of rotatable bonds is 10. The maximum absolute atomic E-state index is 12.3. The molecule has 1 fully saturated rings. The zero-order valence-electron chi connectivity index (χ0n) is 13.9. The Bertz CT molecular complexity index is 403. The van der Waals surface area contributed by atoms with Gasteiger partial charge in [0.25, 0.3) is 0 Å². The number of carbonyl (C=O) groups is 3. The number of nitrogens with zero attached hydrogens (tertiary/aromatic N) is 1. The molecule has 0 radical (unpaired) electrons. The van der Waals surface area contributed by atoms with E-state index in [0.29, 0.717) is 32.8 Å². The van der Waals surface area contributed by atoms with Gasteiger partial charge in [-0.2, -0.15) is 0 Å². The maximum Gasteiger partial charge on any atom is 0.308 e. The predicted molar refractivity (Wildman–Crippen MR) is 83.7 cm³/mol. The van der Waals surface area contributed by atoms with E-state index >= 15 is 0 Å². The van der Waals surface area contributed by atoms with Crippen LogP contribution >= 0.6 is 0 Å². The summed E-state index contributed by atoms with van der Waals surface area (Å²) >= 11 is 0. The molecule has 2 amide bonds. The first-order valence-corrected chi connectivity index (χ1v) is 8.02. The first-order valence-electron chi connectivity index (χ1n) is 8.02. The van der Waals surface area contributed by atoms with Crippen LogP contribution in [0.1, 0.15) is 26.2 Å². The van der Waals surface area contributed by atoms with Crippen molar-refractivity contribution in [1.82, 2.24) is 15.5 Å². The van der Waals surface area contributed by atoms with Gasteiger partial charge in [0.05, 0.1) is 19.6 Å². The highest BCUT2D eigenvalue weighted by atomic mass is 16.5. The smallest absolute Gasteiger partial charge is 0.308 e. The number of carbonyl (C=O) groups excluding carboxylic acids is 3. The molecule has 1 heterocycles. The Hall–Kier alpha value is -1.67. The number of piperazine rings is 1. The van der Waals surface area contributed by atoms with E-state index < -0.39 is 12.0 Å². The van der Waals surface area contributed by atoms with E-state index in [4.69, 9.17) is 9.47 Å². The molecule has 23 heavy (non-hydrogen) atoms. The lowest BCUT2D eigenvalue weighted by Crippen LogP contribution is -2.59. The number of esters is 1. The summed E-state index contributed by atoms with van der Waals surface area (Å²) in [5.41, 5.74) is 0. The van der Waals surface area contributed by atoms with Gasteiger partial charge in [-0.1, -0.05) is 6.92 Å². The van der Waals surface area contributed by atoms with Crippen LogP contribution in [0, 0.1) is 0 Å². The molecule has 1 saturated heterocycles. The minimum absolute atomic E-state index is 0.110. The van der Waals surface area contributed by atoms with Gasteiger partial charge in [-0.05, 0) is 19.4 Å². The summed E-state index contributed by atoms with van der Waals surface area (Å²) in [5, 5.41) is 5.71. The van der Waals surface area contributed by atoms with Crippen molar-refractivity contribution in [2.24, 2.45) is 0 Å². The Kier molecular flexibility index (Phi) is 9.23. The second-order valence-corrected chi connectivity index (χ2v) is 5.34. The predicted octanol–water partition coefficient (Wildman–Crippen LogP) is -0.717. The number of hydrogen-bond acceptors (Lipinski definition) is 6. The summed E-state index contributed by atoms with van der Waals surface area (Å²) in [7, 11) is 1.62. The zero-order chi connectivity index (χ0) is 17.1. The Balaban J connectivity index is 2.49. The number of methoxy groups -OCH3 is 1. The molecule has 8 heteroatoms. The van der Waals surface area contributed by atoms with E-state index in [1.165, 1.54) is 4.90 Å². The van der Waals surface area contributed by atoms with Crippen LogP contribution in [0.15, 0.2) is 0 Å². The summed E-state index contributed by atoms with van der Waals surface area (Å²) in [6.45, 7) is 4.43. The molecule has 1 rings (SSSR count). The molecule has 1 unspecified atom stereocenters. The number of hydrogen-bond donors (Lipinski definition) is 2. The van der Waals surface area contributed by atoms with Crippen LogP contribution in [0.2, 0.25) is 0 Å². The topological polar surface area (TPSA) is 97.0 Å². The van der Waals surface area contributed by atoms with Crippen molar-refractivity contribution in [3.05, 3.63) is 0 Å². The highest BCUT2D eigenvalue weighted by Gasteiger charge is 2.34. The van der Waals surface area contributed by atoms with E-state index in [-0.39, 0.29) is 24.8 Å². The molecule has 0 spiro atoms. The fraction of sp³-hybridized carbons (Fsp3) is 0.800. The molecule has 0 aromatic heterocycles. The highest BCUT2D eigenvalue weighted by Crippen LogP contribution is 2.10. The lowest BCUT2D eigenvalue weighted by Gasteiger charge is -2.34. The van der Waals surface area contributed by atoms with Gasteiger partial charge in [-0.25, -0.2) is 0 Å². The first-order chi connectivity index (χ1) is 11.1. The number of nitrogens with one attached hydrogen (secondary N) is 2. The summed E-state index contributed by atoms with van der Waals surface area (Å²) in [5.74, 6) is -0.956. The normalized spacial score (nSPS) is 17.7. The van der Waals surface area contributed by atoms with Crippen molar-refractivity contribution >= 4 is 17.8 Å². The molecule has 0 aliphatic carbocycles. The van der Waals surface area contributed by atoms with Gasteiger partial charge in [0.1, 0.15) is 6.04 Å². The van der Waals surface area contributed by atoms with E-state index in [0.717, 1.165) is 12.8 Å². The molecule has 0 saturated carbocycles. The monoisotopic (exact) mass is 329 g/mol. The molecule has 0 bridgehead atoms. The van der Waals surface area contributed by atoms with E-state index in [9.17, 15) is 14.4 Å². The molecule has 132 valence electrons. The average Bonchev–Trinajstić information content (AvgIpc) is 2.54. The van der Waals surface area contributed by atoms with Gasteiger partial charge in [0.2, 0.25) is 11.8 Å². The molecule has 1 atom stereocenters. The SMILES string of the molecule is CCCOC(=O)CC1C(=O)NCCN1C(=O)CNCCCOC. The number of amides is 2. The van der Waals surface area contributed by atoms with Crippen LogP contribution < -0.4 is 10.6 Å². The van der Waals surface area contributed by atoms with Crippen LogP contribution in [-0.4, -0.2) is 75.2 Å². The summed E-state index contributed by atoms with van der Waals surface area (Å²) in [6.07, 6.45) is 1.41. The molecule has 8 nitrogen and oxygen atoms in total. The lowest BCUT2D eigenvalue weighted by atomic mass is 10.1. The highest BCUT2D eigenvalue weighted by molar-refractivity contribution is 5.92. The van der Waals surface area contributed by atoms with Crippen molar-refractivity contribution in [3.8, 4) is 0 Å². The first kappa shape index (κ1) is 19.4. The van der Waals surface area contributed by atoms with Crippen LogP contribution in [-0.2, 0) is 23.9 Å². The third kappa shape index (κ3) is 6.96. The van der Waals surface area contributed by atoms with Crippen LogP contribution in [0.4, 0.5) is 0 Å². The van der Waals surface area contributed by atoms with E-state index in [2.05, 4.69) is 10.6 Å². The Morgan fingerprint density at radius 2 is 2.17 bits per heavy atom. The maximum atomic E-state index is 12.3. The van der Waals surface area contributed by atoms with E-state index in [1.54, 1.807) is 7.11 Å². The van der Waals surface area contributed by atoms with E-state index in [1.807, 2.05) is 6.92 Å². The lowest BCUT2D eigenvalue weighted by molar-refractivity contribution is -0.151. The quantitative estimate of drug-likeness (QED) is 0.406. The van der Waals surface area contributed by atoms with Crippen molar-refractivity contribution in [2.75, 3.05) is 46.5 Å². The third-order valence-corrected chi connectivity index (χ3v) is 3.46. The minimum Gasteiger partial charge on any atom is -0.466 e. The average molecular weight is 329 g/mol. The van der Waals surface area contributed by atoms with Crippen molar-refractivity contribution in [2.45, 2.75) is 32.2 Å². The van der Waals surface area contributed by atoms with Gasteiger partial charge in [0.15, 0.2) is 0 Å². The Morgan fingerprint density at radius 3 is 2.87 bits per heavy atom. The van der Waals surface area contributed by atoms with Crippen LogP contribution in [0.3, 0.4) is 0 Å². The molecule has 2 N–H and O–H groups in total. The third-order valence-electron chi connectivity index (χ3n) is 3.46. The summed E-state index contributed by atoms with van der Waals surface area (Å²) in [4.78, 5) is 37.5. The molecule has 0 aromatic carbocycles. The van der Waals surface area contributed by atoms with Crippen LogP contribution in [0.25, 0.3) is 0 Å². The Labute approximate surface area is 136 Å². The second-order valence-electron chi connectivity index (χ2n) is 5.34. The van der Waals surface area contributed by atoms with Gasteiger partial charge >= 0.3 is 5.97 Å². The minimum atomic E-state index is -0.790. The van der Waals surface area contributed by atoms with Crippen molar-refractivity contribution in [1.29, 1.82) is 0 Å².